The number of aryl methyl sites for hydroxylation is 2. The lowest BCUT2D eigenvalue weighted by Crippen LogP contribution is -2.09. The van der Waals surface area contributed by atoms with Crippen LogP contribution in [0.2, 0.25) is 0 Å². The van der Waals surface area contributed by atoms with Crippen molar-refractivity contribution in [1.29, 1.82) is 0 Å². The molecule has 1 N–H and O–H groups in total. The van der Waals surface area contributed by atoms with Crippen molar-refractivity contribution in [2.45, 2.75) is 26.4 Å². The quantitative estimate of drug-likeness (QED) is 0.855. The van der Waals surface area contributed by atoms with Crippen LogP contribution in [0.4, 0.5) is 8.78 Å². The van der Waals surface area contributed by atoms with E-state index in [2.05, 4.69) is 20.9 Å². The van der Waals surface area contributed by atoms with Crippen LogP contribution in [0.15, 0.2) is 28.9 Å². The van der Waals surface area contributed by atoms with E-state index in [4.69, 9.17) is 0 Å². The molecule has 2 nitrogen and oxygen atoms in total. The van der Waals surface area contributed by atoms with Crippen molar-refractivity contribution in [2.24, 2.45) is 0 Å². The Morgan fingerprint density at radius 2 is 2.00 bits per heavy atom. The van der Waals surface area contributed by atoms with Gasteiger partial charge in [0.05, 0.1) is 10.2 Å². The molecule has 1 aromatic heterocycles. The molecular weight excluding hydrogens is 328 g/mol. The van der Waals surface area contributed by atoms with Crippen LogP contribution in [-0.2, 0) is 6.42 Å². The van der Waals surface area contributed by atoms with E-state index >= 15 is 0 Å². The van der Waals surface area contributed by atoms with Gasteiger partial charge in [0.15, 0.2) is 0 Å². The molecule has 1 aromatic carbocycles. The third kappa shape index (κ3) is 3.04. The van der Waals surface area contributed by atoms with Crippen LogP contribution in [-0.4, -0.2) is 10.1 Å². The van der Waals surface area contributed by atoms with Gasteiger partial charge < -0.3 is 5.11 Å². The second-order valence-corrected chi connectivity index (χ2v) is 5.61. The minimum atomic E-state index is -1.05. The van der Waals surface area contributed by atoms with Crippen molar-refractivity contribution < 1.29 is 13.9 Å². The first-order chi connectivity index (χ1) is 9.40. The van der Waals surface area contributed by atoms with Crippen molar-refractivity contribution in [1.82, 2.24) is 4.98 Å². The summed E-state index contributed by atoms with van der Waals surface area (Å²) in [7, 11) is 0. The molecular formula is C15H14BrF2NO. The lowest BCUT2D eigenvalue weighted by molar-refractivity contribution is 0.170. The zero-order valence-corrected chi connectivity index (χ0v) is 12.7. The molecule has 0 amide bonds. The molecule has 0 bridgehead atoms. The molecule has 2 rings (SSSR count). The van der Waals surface area contributed by atoms with Crippen LogP contribution in [0.5, 0.6) is 0 Å². The predicted octanol–water partition coefficient (Wildman–Crippen LogP) is 4.02. The van der Waals surface area contributed by atoms with E-state index in [1.165, 1.54) is 12.1 Å². The van der Waals surface area contributed by atoms with E-state index < -0.39 is 17.7 Å². The summed E-state index contributed by atoms with van der Waals surface area (Å²) >= 11 is 3.01. The van der Waals surface area contributed by atoms with Gasteiger partial charge in [-0.05, 0) is 53.0 Å². The number of benzene rings is 1. The lowest BCUT2D eigenvalue weighted by atomic mass is 10.0. The molecule has 0 fully saturated rings. The summed E-state index contributed by atoms with van der Waals surface area (Å²) < 4.78 is 27.7. The van der Waals surface area contributed by atoms with Crippen molar-refractivity contribution >= 4 is 15.9 Å². The predicted molar refractivity (Wildman–Crippen MR) is 76.4 cm³/mol. The van der Waals surface area contributed by atoms with Crippen molar-refractivity contribution in [2.75, 3.05) is 0 Å². The number of hydrogen-bond donors (Lipinski definition) is 1. The van der Waals surface area contributed by atoms with Crippen LogP contribution in [0.25, 0.3) is 0 Å². The first-order valence-electron chi connectivity index (χ1n) is 6.13. The third-order valence-electron chi connectivity index (χ3n) is 3.11. The van der Waals surface area contributed by atoms with Crippen molar-refractivity contribution in [3.05, 3.63) is 62.9 Å². The normalized spacial score (nSPS) is 12.5. The highest BCUT2D eigenvalue weighted by molar-refractivity contribution is 9.10. The highest BCUT2D eigenvalue weighted by Crippen LogP contribution is 2.27. The molecule has 2 aromatic rings. The molecule has 20 heavy (non-hydrogen) atoms. The second kappa shape index (κ2) is 5.97. The molecule has 1 atom stereocenters. The SMILES string of the molecule is Cc1cnc(C(O)Cc2c(F)ccc(Br)c2F)c(C)c1. The Bertz CT molecular complexity index is 646. The topological polar surface area (TPSA) is 33.1 Å². The minimum absolute atomic E-state index is 0.145. The zero-order chi connectivity index (χ0) is 14.9. The van der Waals surface area contributed by atoms with E-state index in [1.807, 2.05) is 19.9 Å². The van der Waals surface area contributed by atoms with Crippen LogP contribution in [0, 0.1) is 25.5 Å². The Kier molecular flexibility index (Phi) is 4.50. The maximum atomic E-state index is 13.9. The summed E-state index contributed by atoms with van der Waals surface area (Å²) in [6, 6.07) is 4.35. The number of pyridine rings is 1. The largest absolute Gasteiger partial charge is 0.386 e. The fraction of sp³-hybridized carbons (Fsp3) is 0.267. The Morgan fingerprint density at radius 1 is 1.30 bits per heavy atom. The molecule has 0 aliphatic heterocycles. The van der Waals surface area contributed by atoms with E-state index in [9.17, 15) is 13.9 Å². The second-order valence-electron chi connectivity index (χ2n) is 4.76. The maximum Gasteiger partial charge on any atom is 0.143 e. The molecule has 0 radical (unpaired) electrons. The van der Waals surface area contributed by atoms with Crippen LogP contribution < -0.4 is 0 Å². The monoisotopic (exact) mass is 341 g/mol. The van der Waals surface area contributed by atoms with E-state index in [-0.39, 0.29) is 16.5 Å². The summed E-state index contributed by atoms with van der Waals surface area (Å²) in [5, 5.41) is 10.2. The first kappa shape index (κ1) is 15.1. The summed E-state index contributed by atoms with van der Waals surface area (Å²) in [6.07, 6.45) is 0.418. The molecule has 0 spiro atoms. The molecule has 5 heteroatoms. The fourth-order valence-corrected chi connectivity index (χ4v) is 2.49. The minimum Gasteiger partial charge on any atom is -0.386 e. The average molecular weight is 342 g/mol. The van der Waals surface area contributed by atoms with E-state index in [1.54, 1.807) is 6.20 Å². The number of nitrogens with zero attached hydrogens (tertiary/aromatic N) is 1. The number of halogens is 3. The highest BCUT2D eigenvalue weighted by atomic mass is 79.9. The fourth-order valence-electron chi connectivity index (χ4n) is 2.12. The standard InChI is InChI=1S/C15H14BrF2NO/c1-8-5-9(2)15(19-7-8)13(20)6-10-12(17)4-3-11(16)14(10)18/h3-5,7,13,20H,6H2,1-2H3. The smallest absolute Gasteiger partial charge is 0.143 e. The summed E-state index contributed by atoms with van der Waals surface area (Å²) in [6.45, 7) is 3.70. The first-order valence-corrected chi connectivity index (χ1v) is 6.93. The summed E-state index contributed by atoms with van der Waals surface area (Å²) in [5.74, 6) is -1.36. The Balaban J connectivity index is 2.32. The molecule has 0 saturated carbocycles. The van der Waals surface area contributed by atoms with Gasteiger partial charge in [-0.3, -0.25) is 4.98 Å². The van der Waals surface area contributed by atoms with E-state index in [0.29, 0.717) is 5.69 Å². The third-order valence-corrected chi connectivity index (χ3v) is 3.72. The maximum absolute atomic E-state index is 13.9. The molecule has 0 saturated heterocycles. The number of rotatable bonds is 3. The lowest BCUT2D eigenvalue weighted by Gasteiger charge is -2.14. The van der Waals surface area contributed by atoms with Crippen LogP contribution in [0.1, 0.15) is 28.5 Å². The Hall–Kier alpha value is -1.33. The number of aliphatic hydroxyl groups is 1. The number of aliphatic hydroxyl groups excluding tert-OH is 1. The van der Waals surface area contributed by atoms with Gasteiger partial charge in [-0.1, -0.05) is 6.07 Å². The molecule has 0 aliphatic carbocycles. The van der Waals surface area contributed by atoms with Gasteiger partial charge in [-0.2, -0.15) is 0 Å². The Morgan fingerprint density at radius 3 is 2.65 bits per heavy atom. The van der Waals surface area contributed by atoms with Gasteiger partial charge >= 0.3 is 0 Å². The van der Waals surface area contributed by atoms with Gasteiger partial charge in [-0.25, -0.2) is 8.78 Å². The van der Waals surface area contributed by atoms with Gasteiger partial charge in [-0.15, -0.1) is 0 Å². The molecule has 1 unspecified atom stereocenters. The van der Waals surface area contributed by atoms with Crippen molar-refractivity contribution in [3.8, 4) is 0 Å². The van der Waals surface area contributed by atoms with Gasteiger partial charge in [0.25, 0.3) is 0 Å². The molecule has 0 aliphatic rings. The average Bonchev–Trinajstić information content (AvgIpc) is 2.39. The van der Waals surface area contributed by atoms with E-state index in [0.717, 1.165) is 11.1 Å². The summed E-state index contributed by atoms with van der Waals surface area (Å²) in [5.41, 5.74) is 2.06. The van der Waals surface area contributed by atoms with Crippen LogP contribution in [0.3, 0.4) is 0 Å². The van der Waals surface area contributed by atoms with Gasteiger partial charge in [0, 0.05) is 18.2 Å². The Labute approximate surface area is 124 Å². The van der Waals surface area contributed by atoms with Crippen molar-refractivity contribution in [3.63, 3.8) is 0 Å². The van der Waals surface area contributed by atoms with Gasteiger partial charge in [0.2, 0.25) is 0 Å². The zero-order valence-electron chi connectivity index (χ0n) is 11.1. The number of hydrogen-bond acceptors (Lipinski definition) is 2. The summed E-state index contributed by atoms with van der Waals surface area (Å²) in [4.78, 5) is 4.15. The number of aromatic nitrogens is 1. The van der Waals surface area contributed by atoms with Crippen LogP contribution >= 0.6 is 15.9 Å². The molecule has 1 heterocycles. The highest BCUT2D eigenvalue weighted by Gasteiger charge is 2.19. The molecule has 106 valence electrons. The van der Waals surface area contributed by atoms with Gasteiger partial charge in [0.1, 0.15) is 17.7 Å².